The molecule has 3 aromatic heterocycles. The highest BCUT2D eigenvalue weighted by molar-refractivity contribution is 5.93. The molecule has 1 atom stereocenters. The molecular formula is C20H21ClN6O2. The van der Waals surface area contributed by atoms with E-state index in [1.807, 2.05) is 43.3 Å². The number of hydrogen-bond acceptors (Lipinski definition) is 8. The molecule has 0 bridgehead atoms. The summed E-state index contributed by atoms with van der Waals surface area (Å²) in [5, 5.41) is 12.5. The Morgan fingerprint density at radius 3 is 2.72 bits per heavy atom. The van der Waals surface area contributed by atoms with Crippen LogP contribution in [0.1, 0.15) is 17.6 Å². The van der Waals surface area contributed by atoms with Gasteiger partial charge in [-0.15, -0.1) is 12.4 Å². The van der Waals surface area contributed by atoms with E-state index < -0.39 is 0 Å². The highest BCUT2D eigenvalue weighted by Crippen LogP contribution is 2.33. The third kappa shape index (κ3) is 3.50. The molecule has 1 aliphatic rings. The number of nitrogens with one attached hydrogen (secondary N) is 1. The fourth-order valence-corrected chi connectivity index (χ4v) is 3.59. The van der Waals surface area contributed by atoms with Gasteiger partial charge in [-0.2, -0.15) is 4.98 Å². The van der Waals surface area contributed by atoms with E-state index in [2.05, 4.69) is 32.6 Å². The highest BCUT2D eigenvalue weighted by Gasteiger charge is 2.27. The summed E-state index contributed by atoms with van der Waals surface area (Å²) in [5.74, 6) is 1.12. The van der Waals surface area contributed by atoms with Crippen LogP contribution >= 0.6 is 12.4 Å². The molecule has 0 radical (unpaired) electrons. The van der Waals surface area contributed by atoms with Crippen LogP contribution in [0, 0.1) is 6.92 Å². The number of benzene rings is 1. The van der Waals surface area contributed by atoms with Crippen LogP contribution in [0.5, 0.6) is 0 Å². The van der Waals surface area contributed by atoms with Crippen molar-refractivity contribution in [3.8, 4) is 22.7 Å². The van der Waals surface area contributed by atoms with Gasteiger partial charge in [0.2, 0.25) is 0 Å². The summed E-state index contributed by atoms with van der Waals surface area (Å²) in [7, 11) is 2.07. The molecular weight excluding hydrogens is 392 g/mol. The van der Waals surface area contributed by atoms with Gasteiger partial charge >= 0.3 is 0 Å². The van der Waals surface area contributed by atoms with E-state index in [0.29, 0.717) is 17.4 Å². The second-order valence-electron chi connectivity index (χ2n) is 7.03. The van der Waals surface area contributed by atoms with Gasteiger partial charge in [0.15, 0.2) is 5.82 Å². The number of fused-ring (bicyclic) bond motifs is 1. The van der Waals surface area contributed by atoms with Gasteiger partial charge in [0.1, 0.15) is 0 Å². The van der Waals surface area contributed by atoms with Crippen LogP contribution in [0.25, 0.3) is 33.8 Å². The van der Waals surface area contributed by atoms with Crippen LogP contribution in [0.4, 0.5) is 0 Å². The van der Waals surface area contributed by atoms with Crippen LogP contribution < -0.4 is 5.32 Å². The summed E-state index contributed by atoms with van der Waals surface area (Å²) in [6, 6.07) is 12.0. The van der Waals surface area contributed by atoms with Crippen molar-refractivity contribution >= 4 is 23.5 Å². The first-order chi connectivity index (χ1) is 13.7. The zero-order valence-corrected chi connectivity index (χ0v) is 16.9. The molecule has 8 nitrogen and oxygen atoms in total. The molecule has 4 aromatic rings. The number of hydrogen-bond donors (Lipinski definition) is 1. The number of nitrogens with zero attached hydrogens (tertiary/aromatic N) is 5. The third-order valence-electron chi connectivity index (χ3n) is 5.17. The maximum absolute atomic E-state index is 5.66. The molecule has 4 heterocycles. The Morgan fingerprint density at radius 1 is 1.10 bits per heavy atom. The number of aromatic nitrogens is 4. The summed E-state index contributed by atoms with van der Waals surface area (Å²) in [6.07, 6.45) is 0. The van der Waals surface area contributed by atoms with Crippen LogP contribution in [0.15, 0.2) is 45.4 Å². The summed E-state index contributed by atoms with van der Waals surface area (Å²) in [6.45, 7) is 4.58. The first kappa shape index (κ1) is 19.5. The summed E-state index contributed by atoms with van der Waals surface area (Å²) < 4.78 is 11.1. The molecule has 1 unspecified atom stereocenters. The molecule has 29 heavy (non-hydrogen) atoms. The molecule has 1 N–H and O–H groups in total. The van der Waals surface area contributed by atoms with Crippen molar-refractivity contribution in [3.05, 3.63) is 47.9 Å². The summed E-state index contributed by atoms with van der Waals surface area (Å²) >= 11 is 0. The maximum Gasteiger partial charge on any atom is 0.259 e. The van der Waals surface area contributed by atoms with Gasteiger partial charge in [0, 0.05) is 25.2 Å². The minimum atomic E-state index is 0. The van der Waals surface area contributed by atoms with E-state index in [4.69, 9.17) is 14.0 Å². The van der Waals surface area contributed by atoms with Crippen molar-refractivity contribution < 1.29 is 9.05 Å². The molecule has 150 valence electrons. The number of piperazine rings is 1. The molecule has 0 aliphatic carbocycles. The van der Waals surface area contributed by atoms with E-state index in [9.17, 15) is 0 Å². The Labute approximate surface area is 173 Å². The molecule has 0 saturated carbocycles. The molecule has 5 rings (SSSR count). The molecule has 1 fully saturated rings. The molecule has 1 saturated heterocycles. The first-order valence-corrected chi connectivity index (χ1v) is 9.28. The van der Waals surface area contributed by atoms with E-state index in [0.717, 1.165) is 47.5 Å². The quantitative estimate of drug-likeness (QED) is 0.548. The Balaban J connectivity index is 0.00000205. The van der Waals surface area contributed by atoms with E-state index >= 15 is 0 Å². The van der Waals surface area contributed by atoms with Gasteiger partial charge < -0.3 is 14.4 Å². The normalized spacial score (nSPS) is 17.4. The Hall–Kier alpha value is -2.81. The highest BCUT2D eigenvalue weighted by atomic mass is 35.5. The first-order valence-electron chi connectivity index (χ1n) is 9.28. The predicted octanol–water partition coefficient (Wildman–Crippen LogP) is 3.25. The topological polar surface area (TPSA) is 93.1 Å². The Morgan fingerprint density at radius 2 is 1.93 bits per heavy atom. The zero-order chi connectivity index (χ0) is 19.1. The van der Waals surface area contributed by atoms with E-state index in [-0.39, 0.29) is 18.4 Å². The monoisotopic (exact) mass is 412 g/mol. The SMILES string of the molecule is Cc1noc2nc(-c3ccccc3)cc(-c3nc(C4CNCCN4C)no3)c12.Cl. The predicted molar refractivity (Wildman–Crippen MR) is 111 cm³/mol. The lowest BCUT2D eigenvalue weighted by Gasteiger charge is -2.30. The summed E-state index contributed by atoms with van der Waals surface area (Å²) in [4.78, 5) is 11.6. The van der Waals surface area contributed by atoms with Crippen LogP contribution in [0.2, 0.25) is 0 Å². The lowest BCUT2D eigenvalue weighted by Crippen LogP contribution is -2.44. The fourth-order valence-electron chi connectivity index (χ4n) is 3.59. The van der Waals surface area contributed by atoms with Gasteiger partial charge in [0.05, 0.1) is 28.4 Å². The standard InChI is InChI=1S/C20H20N6O2.ClH/c1-12-17-14(19-23-18(25-27-19)16-11-21-8-9-26(16)2)10-15(22-20(17)28-24-12)13-6-4-3-5-7-13;/h3-7,10,16,21H,8-9,11H2,1-2H3;1H. The smallest absolute Gasteiger partial charge is 0.259 e. The number of halogens is 1. The Kier molecular flexibility index (Phi) is 5.31. The lowest BCUT2D eigenvalue weighted by molar-refractivity contribution is 0.190. The third-order valence-corrected chi connectivity index (χ3v) is 5.17. The molecule has 1 aromatic carbocycles. The fraction of sp³-hybridized carbons (Fsp3) is 0.300. The molecule has 1 aliphatic heterocycles. The second kappa shape index (κ2) is 7.90. The average Bonchev–Trinajstić information content (AvgIpc) is 3.36. The van der Waals surface area contributed by atoms with Gasteiger partial charge in [0.25, 0.3) is 11.6 Å². The van der Waals surface area contributed by atoms with Crippen LogP contribution in [-0.2, 0) is 0 Å². The Bertz CT molecular complexity index is 1130. The summed E-state index contributed by atoms with van der Waals surface area (Å²) in [5.41, 5.74) is 3.75. The number of rotatable bonds is 3. The van der Waals surface area contributed by atoms with Crippen molar-refractivity contribution in [3.63, 3.8) is 0 Å². The minimum absolute atomic E-state index is 0. The molecule has 0 amide bonds. The van der Waals surface area contributed by atoms with Crippen LogP contribution in [0.3, 0.4) is 0 Å². The lowest BCUT2D eigenvalue weighted by atomic mass is 10.1. The molecule has 9 heteroatoms. The largest absolute Gasteiger partial charge is 0.335 e. The van der Waals surface area contributed by atoms with Gasteiger partial charge in [-0.05, 0) is 20.0 Å². The number of likely N-dealkylation sites (N-methyl/N-ethyl adjacent to an activating group) is 1. The van der Waals surface area contributed by atoms with Gasteiger partial charge in [-0.3, -0.25) is 4.90 Å². The van der Waals surface area contributed by atoms with Gasteiger partial charge in [-0.1, -0.05) is 40.6 Å². The number of pyridine rings is 1. The van der Waals surface area contributed by atoms with Crippen LogP contribution in [-0.4, -0.2) is 51.9 Å². The van der Waals surface area contributed by atoms with E-state index in [1.54, 1.807) is 0 Å². The van der Waals surface area contributed by atoms with Crippen molar-refractivity contribution in [1.29, 1.82) is 0 Å². The average molecular weight is 413 g/mol. The number of aryl methyl sites for hydroxylation is 1. The minimum Gasteiger partial charge on any atom is -0.335 e. The van der Waals surface area contributed by atoms with Crippen molar-refractivity contribution in [2.75, 3.05) is 26.7 Å². The van der Waals surface area contributed by atoms with Crippen molar-refractivity contribution in [2.45, 2.75) is 13.0 Å². The zero-order valence-electron chi connectivity index (χ0n) is 16.1. The maximum atomic E-state index is 5.66. The van der Waals surface area contributed by atoms with Gasteiger partial charge in [-0.25, -0.2) is 4.98 Å². The second-order valence-corrected chi connectivity index (χ2v) is 7.03. The van der Waals surface area contributed by atoms with Crippen molar-refractivity contribution in [1.82, 2.24) is 30.5 Å². The van der Waals surface area contributed by atoms with E-state index in [1.165, 1.54) is 0 Å². The van der Waals surface area contributed by atoms with Crippen molar-refractivity contribution in [2.24, 2.45) is 0 Å². The molecule has 0 spiro atoms.